The maximum atomic E-state index is 12.8. The van der Waals surface area contributed by atoms with E-state index >= 15 is 0 Å². The number of allylic oxidation sites excluding steroid dienone is 1. The first-order valence-corrected chi connectivity index (χ1v) is 11.5. The van der Waals surface area contributed by atoms with Gasteiger partial charge in [0.1, 0.15) is 11.8 Å². The fourth-order valence-electron chi connectivity index (χ4n) is 3.58. The summed E-state index contributed by atoms with van der Waals surface area (Å²) < 4.78 is 10.9. The number of aromatic hydroxyl groups is 1. The zero-order valence-electron chi connectivity index (χ0n) is 21.1. The number of nitrogens with zero attached hydrogens (tertiary/aromatic N) is 1. The summed E-state index contributed by atoms with van der Waals surface area (Å²) in [6.45, 7) is 11.2. The van der Waals surface area contributed by atoms with Gasteiger partial charge >= 0.3 is 0 Å². The Morgan fingerprint density at radius 1 is 1.20 bits per heavy atom. The van der Waals surface area contributed by atoms with Crippen LogP contribution in [0.4, 0.5) is 0 Å². The average Bonchev–Trinajstić information content (AvgIpc) is 2.80. The minimum absolute atomic E-state index is 0.0383. The van der Waals surface area contributed by atoms with Gasteiger partial charge in [-0.05, 0) is 61.4 Å². The molecule has 0 aliphatic heterocycles. The van der Waals surface area contributed by atoms with Gasteiger partial charge in [0, 0.05) is 5.56 Å². The van der Waals surface area contributed by atoms with E-state index in [2.05, 4.69) is 22.4 Å². The van der Waals surface area contributed by atoms with E-state index in [0.29, 0.717) is 35.5 Å². The molecule has 0 radical (unpaired) electrons. The largest absolute Gasteiger partial charge is 0.504 e. The van der Waals surface area contributed by atoms with Crippen molar-refractivity contribution in [2.75, 3.05) is 13.7 Å². The van der Waals surface area contributed by atoms with Crippen LogP contribution in [0, 0.1) is 19.8 Å². The number of phenols is 1. The number of hydrogen-bond donors (Lipinski definition) is 3. The summed E-state index contributed by atoms with van der Waals surface area (Å²) in [5.74, 6) is 0.333. The van der Waals surface area contributed by atoms with Gasteiger partial charge in [-0.1, -0.05) is 38.1 Å². The fraction of sp³-hybridized carbons (Fsp3) is 0.370. The lowest BCUT2D eigenvalue weighted by molar-refractivity contribution is -0.130. The van der Waals surface area contributed by atoms with Crippen molar-refractivity contribution in [2.24, 2.45) is 11.0 Å². The lowest BCUT2D eigenvalue weighted by atomic mass is 10.0. The van der Waals surface area contributed by atoms with Gasteiger partial charge in [0.15, 0.2) is 18.1 Å². The number of ether oxygens (including phenoxy) is 2. The highest BCUT2D eigenvalue weighted by Crippen LogP contribution is 2.31. The molecule has 2 aromatic carbocycles. The van der Waals surface area contributed by atoms with Gasteiger partial charge in [0.25, 0.3) is 11.8 Å². The first-order chi connectivity index (χ1) is 16.7. The van der Waals surface area contributed by atoms with Crippen LogP contribution in [0.15, 0.2) is 48.1 Å². The van der Waals surface area contributed by atoms with Crippen molar-refractivity contribution in [1.82, 2.24) is 10.7 Å². The summed E-state index contributed by atoms with van der Waals surface area (Å²) in [7, 11) is 1.46. The molecule has 0 aliphatic carbocycles. The van der Waals surface area contributed by atoms with Crippen molar-refractivity contribution in [3.8, 4) is 17.2 Å². The first kappa shape index (κ1) is 27.4. The Bertz CT molecular complexity index is 1060. The molecule has 0 aliphatic rings. The van der Waals surface area contributed by atoms with E-state index in [9.17, 15) is 14.7 Å². The molecule has 8 heteroatoms. The average molecular weight is 482 g/mol. The predicted molar refractivity (Wildman–Crippen MR) is 137 cm³/mol. The Kier molecular flexibility index (Phi) is 10.3. The molecule has 2 amide bonds. The van der Waals surface area contributed by atoms with Gasteiger partial charge in [-0.3, -0.25) is 9.59 Å². The molecule has 35 heavy (non-hydrogen) atoms. The highest BCUT2D eigenvalue weighted by atomic mass is 16.5. The van der Waals surface area contributed by atoms with E-state index in [1.165, 1.54) is 13.3 Å². The van der Waals surface area contributed by atoms with Crippen LogP contribution in [0.25, 0.3) is 0 Å². The maximum Gasteiger partial charge on any atom is 0.262 e. The topological polar surface area (TPSA) is 109 Å². The molecule has 0 spiro atoms. The summed E-state index contributed by atoms with van der Waals surface area (Å²) >= 11 is 0. The summed E-state index contributed by atoms with van der Waals surface area (Å²) in [6, 6.07) is 8.32. The van der Waals surface area contributed by atoms with Gasteiger partial charge in [0.2, 0.25) is 0 Å². The number of carbonyl (C=O) groups is 2. The van der Waals surface area contributed by atoms with Gasteiger partial charge < -0.3 is 19.9 Å². The number of carbonyl (C=O) groups excluding carboxylic acids is 2. The zero-order chi connectivity index (χ0) is 26.0. The smallest absolute Gasteiger partial charge is 0.262 e. The second-order valence-electron chi connectivity index (χ2n) is 8.72. The zero-order valence-corrected chi connectivity index (χ0v) is 21.1. The van der Waals surface area contributed by atoms with Crippen LogP contribution >= 0.6 is 0 Å². The minimum Gasteiger partial charge on any atom is -0.504 e. The molecule has 2 aromatic rings. The summed E-state index contributed by atoms with van der Waals surface area (Å²) in [5, 5.41) is 17.0. The standard InChI is InChI=1S/C27H35N3O5/c1-7-9-21-13-20(14-23(34-6)25(21)32)15-28-30-27(33)22(12-17(2)3)29-24(31)16-35-26-18(4)10-8-11-19(26)5/h7-8,10-11,13-15,17,22,32H,1,9,12,16H2,2-6H3,(H,29,31)(H,30,33)/b28-15-/t22-/m0/s1. The number of para-hydroxylation sites is 1. The molecule has 1 atom stereocenters. The van der Waals surface area contributed by atoms with Crippen molar-refractivity contribution in [2.45, 2.75) is 46.6 Å². The summed E-state index contributed by atoms with van der Waals surface area (Å²) in [5.41, 5.74) is 5.61. The SMILES string of the molecule is C=CCc1cc(/C=N\NC(=O)[C@H](CC(C)C)NC(=O)COc2c(C)cccc2C)cc(OC)c1O. The number of benzene rings is 2. The molecular formula is C27H35N3O5. The molecule has 0 aromatic heterocycles. The molecule has 0 heterocycles. The van der Waals surface area contributed by atoms with E-state index in [1.807, 2.05) is 45.9 Å². The minimum atomic E-state index is -0.771. The number of methoxy groups -OCH3 is 1. The highest BCUT2D eigenvalue weighted by molar-refractivity contribution is 5.89. The number of aryl methyl sites for hydroxylation is 2. The Hall–Kier alpha value is -3.81. The lowest BCUT2D eigenvalue weighted by Gasteiger charge is -2.19. The maximum absolute atomic E-state index is 12.8. The molecule has 2 rings (SSSR count). The molecule has 0 unspecified atom stereocenters. The molecule has 188 valence electrons. The number of rotatable bonds is 12. The number of hydrogen-bond acceptors (Lipinski definition) is 6. The van der Waals surface area contributed by atoms with E-state index < -0.39 is 17.9 Å². The molecule has 8 nitrogen and oxygen atoms in total. The monoisotopic (exact) mass is 481 g/mol. The van der Waals surface area contributed by atoms with Crippen molar-refractivity contribution in [1.29, 1.82) is 0 Å². The highest BCUT2D eigenvalue weighted by Gasteiger charge is 2.22. The molecule has 3 N–H and O–H groups in total. The van der Waals surface area contributed by atoms with Crippen LogP contribution in [0.3, 0.4) is 0 Å². The van der Waals surface area contributed by atoms with Crippen molar-refractivity contribution in [3.63, 3.8) is 0 Å². The Labute approximate surface area is 207 Å². The van der Waals surface area contributed by atoms with Crippen LogP contribution in [0.1, 0.15) is 42.5 Å². The summed E-state index contributed by atoms with van der Waals surface area (Å²) in [6.07, 6.45) is 4.00. The van der Waals surface area contributed by atoms with Crippen LogP contribution in [0.5, 0.6) is 17.2 Å². The van der Waals surface area contributed by atoms with Gasteiger partial charge in [0.05, 0.1) is 13.3 Å². The molecule has 0 fully saturated rings. The van der Waals surface area contributed by atoms with E-state index in [1.54, 1.807) is 18.2 Å². The molecule has 0 bridgehead atoms. The molecule has 0 saturated heterocycles. The third-order valence-electron chi connectivity index (χ3n) is 5.26. The summed E-state index contributed by atoms with van der Waals surface area (Å²) in [4.78, 5) is 25.3. The lowest BCUT2D eigenvalue weighted by Crippen LogP contribution is -2.47. The predicted octanol–water partition coefficient (Wildman–Crippen LogP) is 3.81. The van der Waals surface area contributed by atoms with Crippen molar-refractivity contribution < 1.29 is 24.2 Å². The van der Waals surface area contributed by atoms with E-state index in [0.717, 1.165) is 11.1 Å². The number of hydrazone groups is 1. The van der Waals surface area contributed by atoms with Gasteiger partial charge in [-0.2, -0.15) is 5.10 Å². The third-order valence-corrected chi connectivity index (χ3v) is 5.26. The van der Waals surface area contributed by atoms with E-state index in [-0.39, 0.29) is 18.3 Å². The van der Waals surface area contributed by atoms with Crippen molar-refractivity contribution in [3.05, 3.63) is 65.2 Å². The second kappa shape index (κ2) is 13.2. The number of nitrogens with one attached hydrogen (secondary N) is 2. The Morgan fingerprint density at radius 2 is 1.89 bits per heavy atom. The molecular weight excluding hydrogens is 446 g/mol. The van der Waals surface area contributed by atoms with Gasteiger partial charge in [-0.15, -0.1) is 6.58 Å². The van der Waals surface area contributed by atoms with Crippen molar-refractivity contribution >= 4 is 18.0 Å². The molecule has 0 saturated carbocycles. The van der Waals surface area contributed by atoms with E-state index in [4.69, 9.17) is 9.47 Å². The third kappa shape index (κ3) is 8.17. The number of phenolic OH excluding ortho intramolecular Hbond substituents is 1. The fourth-order valence-corrected chi connectivity index (χ4v) is 3.58. The quantitative estimate of drug-likeness (QED) is 0.243. The normalized spacial score (nSPS) is 11.8. The van der Waals surface area contributed by atoms with Crippen LogP contribution < -0.4 is 20.2 Å². The Balaban J connectivity index is 2.04. The number of amides is 2. The Morgan fingerprint density at radius 3 is 2.49 bits per heavy atom. The second-order valence-corrected chi connectivity index (χ2v) is 8.72. The first-order valence-electron chi connectivity index (χ1n) is 11.5. The van der Waals surface area contributed by atoms with Gasteiger partial charge in [-0.25, -0.2) is 5.43 Å². The van der Waals surface area contributed by atoms with Crippen LogP contribution in [0.2, 0.25) is 0 Å². The van der Waals surface area contributed by atoms with Crippen LogP contribution in [-0.4, -0.2) is 42.9 Å². The van der Waals surface area contributed by atoms with Crippen LogP contribution in [-0.2, 0) is 16.0 Å².